The maximum atomic E-state index is 10.8. The van der Waals surface area contributed by atoms with Gasteiger partial charge in [-0.3, -0.25) is 10.3 Å². The van der Waals surface area contributed by atoms with Gasteiger partial charge in [0.15, 0.2) is 6.04 Å². The standard InChI is InChI=1S/C20H17N3OS/c1-13-8-10-21-17(12-13)23-19(16-5-3-11-25-16)15-7-6-14-4-2-9-22-18(14)20(15)24/h2-12,19,24H,1H3,(H,21,23)/p+1. The lowest BCUT2D eigenvalue weighted by Gasteiger charge is -2.16. The largest absolute Gasteiger partial charge is 0.505 e. The number of fused-ring (bicyclic) bond motifs is 1. The highest BCUT2D eigenvalue weighted by atomic mass is 32.1. The average molecular weight is 348 g/mol. The van der Waals surface area contributed by atoms with Crippen molar-refractivity contribution in [2.75, 3.05) is 5.32 Å². The summed E-state index contributed by atoms with van der Waals surface area (Å²) in [6.07, 6.45) is 3.61. The minimum atomic E-state index is -0.163. The summed E-state index contributed by atoms with van der Waals surface area (Å²) in [4.78, 5) is 8.69. The molecule has 0 fully saturated rings. The number of aromatic nitrogens is 2. The van der Waals surface area contributed by atoms with Crippen LogP contribution in [0.15, 0.2) is 66.3 Å². The topological polar surface area (TPSA) is 59.3 Å². The first kappa shape index (κ1) is 15.6. The summed E-state index contributed by atoms with van der Waals surface area (Å²) < 4.78 is 0. The maximum Gasteiger partial charge on any atom is 0.273 e. The van der Waals surface area contributed by atoms with E-state index in [4.69, 9.17) is 0 Å². The minimum absolute atomic E-state index is 0.163. The third-order valence-electron chi connectivity index (χ3n) is 4.17. The molecule has 4 rings (SSSR count). The Morgan fingerprint density at radius 2 is 2.08 bits per heavy atom. The van der Waals surface area contributed by atoms with Gasteiger partial charge in [-0.15, -0.1) is 11.3 Å². The van der Waals surface area contributed by atoms with Crippen molar-refractivity contribution in [3.8, 4) is 5.75 Å². The Hall–Kier alpha value is -2.92. The number of thiophene rings is 1. The van der Waals surface area contributed by atoms with Crippen molar-refractivity contribution in [2.24, 2.45) is 0 Å². The fourth-order valence-corrected chi connectivity index (χ4v) is 3.75. The molecule has 0 aliphatic rings. The molecule has 3 N–H and O–H groups in total. The zero-order chi connectivity index (χ0) is 17.2. The summed E-state index contributed by atoms with van der Waals surface area (Å²) in [5.41, 5.74) is 2.59. The number of nitrogens with one attached hydrogen (secondary N) is 2. The van der Waals surface area contributed by atoms with E-state index in [1.54, 1.807) is 17.5 Å². The van der Waals surface area contributed by atoms with Gasteiger partial charge in [-0.25, -0.2) is 4.98 Å². The van der Waals surface area contributed by atoms with Crippen LogP contribution < -0.4 is 10.3 Å². The number of nitrogens with zero attached hydrogens (tertiary/aromatic N) is 1. The Balaban J connectivity index is 1.83. The highest BCUT2D eigenvalue weighted by Crippen LogP contribution is 2.37. The van der Waals surface area contributed by atoms with Crippen molar-refractivity contribution in [2.45, 2.75) is 13.0 Å². The smallest absolute Gasteiger partial charge is 0.273 e. The van der Waals surface area contributed by atoms with Crippen LogP contribution in [0.5, 0.6) is 5.75 Å². The number of phenolic OH excluding ortho intramolecular Hbond substituents is 1. The third-order valence-corrected chi connectivity index (χ3v) is 5.11. The van der Waals surface area contributed by atoms with E-state index in [-0.39, 0.29) is 11.8 Å². The molecule has 5 heteroatoms. The van der Waals surface area contributed by atoms with E-state index in [1.807, 2.05) is 48.0 Å². The van der Waals surface area contributed by atoms with E-state index < -0.39 is 0 Å². The van der Waals surface area contributed by atoms with Gasteiger partial charge in [0.05, 0.1) is 11.1 Å². The Morgan fingerprint density at radius 3 is 2.88 bits per heavy atom. The summed E-state index contributed by atoms with van der Waals surface area (Å²) in [6.45, 7) is 2.05. The van der Waals surface area contributed by atoms with Crippen LogP contribution in [0.25, 0.3) is 10.9 Å². The number of aromatic hydroxyl groups is 1. The molecule has 0 bridgehead atoms. The third kappa shape index (κ3) is 3.06. The Bertz CT molecular complexity index is 1010. The van der Waals surface area contributed by atoms with Crippen LogP contribution in [0, 0.1) is 6.92 Å². The normalized spacial score (nSPS) is 12.2. The fraction of sp³-hybridized carbons (Fsp3) is 0.100. The Morgan fingerprint density at radius 1 is 1.16 bits per heavy atom. The first-order valence-corrected chi connectivity index (χ1v) is 8.95. The highest BCUT2D eigenvalue weighted by molar-refractivity contribution is 7.10. The molecule has 25 heavy (non-hydrogen) atoms. The summed E-state index contributed by atoms with van der Waals surface area (Å²) in [5.74, 6) is 1.12. The van der Waals surface area contributed by atoms with Crippen LogP contribution in [0.1, 0.15) is 22.0 Å². The number of pyridine rings is 2. The molecule has 0 radical (unpaired) electrons. The first-order valence-electron chi connectivity index (χ1n) is 8.07. The number of aromatic amines is 1. The van der Waals surface area contributed by atoms with Gasteiger partial charge in [0.2, 0.25) is 0 Å². The molecule has 4 aromatic rings. The molecule has 1 aromatic carbocycles. The molecule has 1 atom stereocenters. The fourth-order valence-electron chi connectivity index (χ4n) is 2.96. The van der Waals surface area contributed by atoms with E-state index in [9.17, 15) is 5.11 Å². The predicted molar refractivity (Wildman–Crippen MR) is 101 cm³/mol. The summed E-state index contributed by atoms with van der Waals surface area (Å²) in [7, 11) is 0. The monoisotopic (exact) mass is 348 g/mol. The number of anilines is 1. The average Bonchev–Trinajstić information content (AvgIpc) is 3.15. The molecule has 3 aromatic heterocycles. The molecule has 0 saturated carbocycles. The predicted octanol–water partition coefficient (Wildman–Crippen LogP) is 4.33. The number of aryl methyl sites for hydroxylation is 1. The molecular formula is C20H18N3OS+. The van der Waals surface area contributed by atoms with E-state index in [1.165, 1.54) is 0 Å². The van der Waals surface area contributed by atoms with Gasteiger partial charge in [0, 0.05) is 23.2 Å². The molecule has 1 unspecified atom stereocenters. The van der Waals surface area contributed by atoms with Crippen molar-refractivity contribution >= 4 is 28.1 Å². The lowest BCUT2D eigenvalue weighted by molar-refractivity contribution is -0.361. The maximum absolute atomic E-state index is 10.8. The van der Waals surface area contributed by atoms with Crippen LogP contribution in [0.2, 0.25) is 0 Å². The first-order chi connectivity index (χ1) is 12.2. The number of hydrogen-bond donors (Lipinski definition) is 2. The molecule has 4 nitrogen and oxygen atoms in total. The van der Waals surface area contributed by atoms with E-state index in [0.717, 1.165) is 27.2 Å². The van der Waals surface area contributed by atoms with Gasteiger partial charge in [-0.2, -0.15) is 0 Å². The van der Waals surface area contributed by atoms with Gasteiger partial charge in [0.25, 0.3) is 5.82 Å². The van der Waals surface area contributed by atoms with Gasteiger partial charge in [-0.1, -0.05) is 18.2 Å². The molecule has 0 spiro atoms. The van der Waals surface area contributed by atoms with Gasteiger partial charge < -0.3 is 5.11 Å². The molecule has 124 valence electrons. The number of phenols is 1. The molecule has 3 heterocycles. The van der Waals surface area contributed by atoms with Crippen LogP contribution in [-0.2, 0) is 0 Å². The second kappa shape index (κ2) is 6.53. The van der Waals surface area contributed by atoms with Crippen LogP contribution in [-0.4, -0.2) is 10.1 Å². The highest BCUT2D eigenvalue weighted by Gasteiger charge is 2.25. The van der Waals surface area contributed by atoms with Gasteiger partial charge in [0.1, 0.15) is 11.3 Å². The minimum Gasteiger partial charge on any atom is -0.505 e. The van der Waals surface area contributed by atoms with Crippen molar-refractivity contribution in [3.63, 3.8) is 0 Å². The number of H-pyrrole nitrogens is 1. The summed E-state index contributed by atoms with van der Waals surface area (Å²) >= 11 is 1.66. The van der Waals surface area contributed by atoms with Crippen molar-refractivity contribution in [1.29, 1.82) is 0 Å². The molecular weight excluding hydrogens is 330 g/mol. The summed E-state index contributed by atoms with van der Waals surface area (Å²) in [5, 5.41) is 17.3. The van der Waals surface area contributed by atoms with Crippen molar-refractivity contribution < 1.29 is 10.1 Å². The van der Waals surface area contributed by atoms with Crippen molar-refractivity contribution in [1.82, 2.24) is 4.98 Å². The summed E-state index contributed by atoms with van der Waals surface area (Å²) in [6, 6.07) is 15.8. The number of rotatable bonds is 4. The molecule has 0 amide bonds. The van der Waals surface area contributed by atoms with E-state index in [0.29, 0.717) is 5.52 Å². The second-order valence-corrected chi connectivity index (χ2v) is 6.93. The lowest BCUT2D eigenvalue weighted by Crippen LogP contribution is -2.18. The molecule has 0 aliphatic heterocycles. The molecule has 0 saturated heterocycles. The van der Waals surface area contributed by atoms with E-state index in [2.05, 4.69) is 34.3 Å². The van der Waals surface area contributed by atoms with E-state index >= 15 is 0 Å². The Kier molecular flexibility index (Phi) is 4.07. The number of benzene rings is 1. The van der Waals surface area contributed by atoms with Crippen LogP contribution >= 0.6 is 11.3 Å². The lowest BCUT2D eigenvalue weighted by atomic mass is 10.0. The number of hydrogen-bond acceptors (Lipinski definition) is 4. The zero-order valence-corrected chi connectivity index (χ0v) is 14.5. The SMILES string of the molecule is Cc1cc[nH+]c(NC(c2cccs2)c2ccc3cccnc3c2O)c1. The second-order valence-electron chi connectivity index (χ2n) is 5.95. The Labute approximate surface area is 149 Å². The van der Waals surface area contributed by atoms with Crippen LogP contribution in [0.4, 0.5) is 5.82 Å². The molecule has 0 aliphatic carbocycles. The van der Waals surface area contributed by atoms with Crippen molar-refractivity contribution in [3.05, 3.63) is 82.3 Å². The quantitative estimate of drug-likeness (QED) is 0.577. The van der Waals surface area contributed by atoms with Gasteiger partial charge in [-0.05, 0) is 42.1 Å². The van der Waals surface area contributed by atoms with Gasteiger partial charge >= 0.3 is 0 Å². The van der Waals surface area contributed by atoms with Crippen LogP contribution in [0.3, 0.4) is 0 Å². The zero-order valence-electron chi connectivity index (χ0n) is 13.7.